The highest BCUT2D eigenvalue weighted by atomic mass is 32.1. The number of hydrogen-bond donors (Lipinski definition) is 2. The standard InChI is InChI=1S/C38H54N6O10S/c1-11-28-38(7)32(39-36(49)54-38)23(5)30(46)20(2)19-37(6,50-16-12-13-24-14-15-27(55-24)33-40-42-44(10)41-33)29(18-26(45)22(4)34(48)52-28)53-35-31(47)25(43(8)9)17-21(3)51-35/h14-15,20-23,25,28-29,31-32,35,47H,11,16-19H2,1-10H3,(H,39,49)/t20-,21-,22-,23-,25+,28+,29-,31-,32-,35?,37+,38-/m1/s1. The Morgan fingerprint density at radius 2 is 1.87 bits per heavy atom. The first-order valence-electron chi connectivity index (χ1n) is 18.8. The number of cyclic esters (lactones) is 1. The Balaban J connectivity index is 1.51. The zero-order valence-corrected chi connectivity index (χ0v) is 34.0. The molecule has 5 heterocycles. The molecule has 0 aliphatic carbocycles. The summed E-state index contributed by atoms with van der Waals surface area (Å²) in [5.41, 5.74) is -2.78. The van der Waals surface area contributed by atoms with Crippen LogP contribution in [0.1, 0.15) is 79.0 Å². The molecule has 3 aliphatic rings. The fourth-order valence-electron chi connectivity index (χ4n) is 7.85. The summed E-state index contributed by atoms with van der Waals surface area (Å²) >= 11 is 1.39. The van der Waals surface area contributed by atoms with Gasteiger partial charge in [-0.25, -0.2) is 4.79 Å². The van der Waals surface area contributed by atoms with Crippen LogP contribution < -0.4 is 5.32 Å². The van der Waals surface area contributed by atoms with Crippen LogP contribution in [-0.2, 0) is 45.1 Å². The summed E-state index contributed by atoms with van der Waals surface area (Å²) in [7, 11) is 5.39. The van der Waals surface area contributed by atoms with Gasteiger partial charge in [0.25, 0.3) is 0 Å². The molecule has 0 bridgehead atoms. The maximum absolute atomic E-state index is 14.3. The third kappa shape index (κ3) is 9.27. The number of esters is 1. The molecule has 0 saturated carbocycles. The molecule has 17 heteroatoms. The number of tetrazole rings is 1. The van der Waals surface area contributed by atoms with Gasteiger partial charge in [-0.1, -0.05) is 32.6 Å². The van der Waals surface area contributed by atoms with Crippen LogP contribution in [0, 0.1) is 29.6 Å². The van der Waals surface area contributed by atoms with Crippen LogP contribution in [0.15, 0.2) is 12.1 Å². The van der Waals surface area contributed by atoms with E-state index in [1.165, 1.54) is 23.1 Å². The third-order valence-corrected chi connectivity index (χ3v) is 12.1. The number of ketones is 2. The van der Waals surface area contributed by atoms with Crippen LogP contribution in [0.5, 0.6) is 0 Å². The highest BCUT2D eigenvalue weighted by Crippen LogP contribution is 2.39. The van der Waals surface area contributed by atoms with Crippen LogP contribution in [-0.4, -0.2) is 129 Å². The molecule has 1 unspecified atom stereocenters. The number of aliphatic hydroxyl groups excluding tert-OH is 1. The molecule has 5 rings (SSSR count). The lowest BCUT2D eigenvalue weighted by Gasteiger charge is -2.45. The molecule has 3 fully saturated rings. The lowest BCUT2D eigenvalue weighted by atomic mass is 9.75. The summed E-state index contributed by atoms with van der Waals surface area (Å²) in [5.74, 6) is 2.40. The third-order valence-electron chi connectivity index (χ3n) is 11.1. The molecule has 0 radical (unpaired) electrons. The van der Waals surface area contributed by atoms with Gasteiger partial charge < -0.3 is 39.0 Å². The predicted octanol–water partition coefficient (Wildman–Crippen LogP) is 2.91. The lowest BCUT2D eigenvalue weighted by Crippen LogP contribution is -2.58. The van der Waals surface area contributed by atoms with Crippen LogP contribution >= 0.6 is 11.3 Å². The smallest absolute Gasteiger partial charge is 0.408 e. The van der Waals surface area contributed by atoms with Crippen molar-refractivity contribution < 1.29 is 48.0 Å². The van der Waals surface area contributed by atoms with Crippen molar-refractivity contribution in [3.05, 3.63) is 17.0 Å². The number of nitrogens with zero attached hydrogens (tertiary/aromatic N) is 5. The second-order valence-electron chi connectivity index (χ2n) is 15.6. The maximum Gasteiger partial charge on any atom is 0.408 e. The first-order valence-corrected chi connectivity index (χ1v) is 19.6. The summed E-state index contributed by atoms with van der Waals surface area (Å²) < 4.78 is 30.9. The topological polar surface area (TPSA) is 194 Å². The zero-order chi connectivity index (χ0) is 40.4. The highest BCUT2D eigenvalue weighted by Gasteiger charge is 2.56. The highest BCUT2D eigenvalue weighted by molar-refractivity contribution is 7.15. The zero-order valence-electron chi connectivity index (χ0n) is 33.2. The number of nitrogens with one attached hydrogen (secondary N) is 1. The number of hydrogen-bond acceptors (Lipinski definition) is 15. The SMILES string of the molecule is CC[C@@H]1OC(=O)[C@H](C)C(=O)C[C@@H](OC2O[C@H](C)C[C@H](N(C)C)[C@H]2O)[C@@](C)(OCC#Cc2ccc(-c3nnn(C)n3)s2)C[C@@H](C)C(=O)[C@@H](C)[C@H]2NC(=O)O[C@]12C. The minimum absolute atomic E-state index is 0.0566. The van der Waals surface area contributed by atoms with E-state index >= 15 is 0 Å². The van der Waals surface area contributed by atoms with Crippen LogP contribution in [0.2, 0.25) is 0 Å². The predicted molar refractivity (Wildman–Crippen MR) is 199 cm³/mol. The van der Waals surface area contributed by atoms with E-state index in [0.717, 1.165) is 9.75 Å². The van der Waals surface area contributed by atoms with Gasteiger partial charge in [-0.2, -0.15) is 4.80 Å². The number of likely N-dealkylation sites (N-methyl/N-ethyl adjacent to an activating group) is 1. The summed E-state index contributed by atoms with van der Waals surface area (Å²) in [6, 6.07) is 2.54. The number of rotatable bonds is 7. The minimum Gasteiger partial charge on any atom is -0.458 e. The van der Waals surface area contributed by atoms with E-state index < -0.39 is 77.4 Å². The van der Waals surface area contributed by atoms with Crippen LogP contribution in [0.3, 0.4) is 0 Å². The van der Waals surface area contributed by atoms with E-state index in [4.69, 9.17) is 23.7 Å². The molecule has 12 atom stereocenters. The molecular weight excluding hydrogens is 733 g/mol. The Morgan fingerprint density at radius 1 is 1.15 bits per heavy atom. The molecule has 16 nitrogen and oxygen atoms in total. The number of aromatic nitrogens is 4. The molecular formula is C38H54N6O10S. The van der Waals surface area contributed by atoms with E-state index in [2.05, 4.69) is 32.6 Å². The van der Waals surface area contributed by atoms with E-state index in [-0.39, 0.29) is 43.8 Å². The molecule has 55 heavy (non-hydrogen) atoms. The minimum atomic E-state index is -1.39. The molecule has 0 spiro atoms. The fourth-order valence-corrected chi connectivity index (χ4v) is 8.66. The average molecular weight is 787 g/mol. The van der Waals surface area contributed by atoms with Gasteiger partial charge in [0.1, 0.15) is 36.3 Å². The molecule has 3 saturated heterocycles. The monoisotopic (exact) mass is 786 g/mol. The average Bonchev–Trinajstić information content (AvgIpc) is 3.86. The molecule has 3 aliphatic heterocycles. The number of alkyl carbamates (subject to hydrolysis) is 1. The van der Waals surface area contributed by atoms with Gasteiger partial charge in [-0.05, 0) is 78.4 Å². The van der Waals surface area contributed by atoms with E-state index in [1.807, 2.05) is 38.1 Å². The Morgan fingerprint density at radius 3 is 2.53 bits per heavy atom. The van der Waals surface area contributed by atoms with Crippen molar-refractivity contribution >= 4 is 35.0 Å². The molecule has 2 N–H and O–H groups in total. The number of carbonyl (C=O) groups excluding carboxylic acids is 4. The molecule has 2 aromatic rings. The Bertz CT molecular complexity index is 1790. The van der Waals surface area contributed by atoms with Gasteiger partial charge in [0.15, 0.2) is 11.9 Å². The van der Waals surface area contributed by atoms with E-state index in [9.17, 15) is 24.3 Å². The maximum atomic E-state index is 14.3. The van der Waals surface area contributed by atoms with Crippen molar-refractivity contribution in [3.8, 4) is 22.5 Å². The first kappa shape index (κ1) is 42.4. The number of amides is 1. The largest absolute Gasteiger partial charge is 0.458 e. The van der Waals surface area contributed by atoms with Crippen molar-refractivity contribution in [3.63, 3.8) is 0 Å². The summed E-state index contributed by atoms with van der Waals surface area (Å²) in [5, 5.41) is 26.4. The summed E-state index contributed by atoms with van der Waals surface area (Å²) in [6.45, 7) is 11.8. The van der Waals surface area contributed by atoms with Gasteiger partial charge in [0, 0.05) is 24.3 Å². The fraction of sp³-hybridized carbons (Fsp3) is 0.711. The van der Waals surface area contributed by atoms with Crippen molar-refractivity contribution in [2.75, 3.05) is 20.7 Å². The molecule has 1 amide bonds. The quantitative estimate of drug-likeness (QED) is 0.236. The number of aryl methyl sites for hydroxylation is 1. The summed E-state index contributed by atoms with van der Waals surface area (Å²) in [6.07, 6.45) is -4.81. The van der Waals surface area contributed by atoms with Gasteiger partial charge in [-0.15, -0.1) is 21.5 Å². The van der Waals surface area contributed by atoms with Gasteiger partial charge in [0.2, 0.25) is 5.82 Å². The number of aliphatic hydroxyl groups is 1. The molecule has 0 aromatic carbocycles. The second kappa shape index (κ2) is 17.1. The molecule has 2 aromatic heterocycles. The van der Waals surface area contributed by atoms with Crippen LogP contribution in [0.4, 0.5) is 4.79 Å². The van der Waals surface area contributed by atoms with Crippen molar-refractivity contribution in [2.24, 2.45) is 24.8 Å². The molecule has 302 valence electrons. The number of ether oxygens (including phenoxy) is 5. The normalized spacial score (nSPS) is 36.3. The Hall–Kier alpha value is -3.79. The first-order chi connectivity index (χ1) is 25.9. The Kier molecular flexibility index (Phi) is 13.2. The number of Topliss-reactive ketones (excluding diaryl/α,β-unsaturated/α-hetero) is 2. The van der Waals surface area contributed by atoms with E-state index in [1.54, 1.807) is 41.7 Å². The van der Waals surface area contributed by atoms with Gasteiger partial charge >= 0.3 is 12.1 Å². The summed E-state index contributed by atoms with van der Waals surface area (Å²) in [4.78, 5) is 59.5. The second-order valence-corrected chi connectivity index (χ2v) is 16.7. The van der Waals surface area contributed by atoms with Gasteiger partial charge in [-0.3, -0.25) is 14.4 Å². The number of fused-ring (bicyclic) bond motifs is 1. The van der Waals surface area contributed by atoms with Crippen LogP contribution in [0.25, 0.3) is 10.7 Å². The van der Waals surface area contributed by atoms with Crippen molar-refractivity contribution in [2.45, 2.75) is 128 Å². The number of thiophene rings is 1. The lowest BCUT2D eigenvalue weighted by molar-refractivity contribution is -0.290. The van der Waals surface area contributed by atoms with Gasteiger partial charge in [0.05, 0.1) is 40.7 Å². The Labute approximate surface area is 325 Å². The van der Waals surface area contributed by atoms with Crippen molar-refractivity contribution in [1.29, 1.82) is 0 Å². The number of carbonyl (C=O) groups is 4. The van der Waals surface area contributed by atoms with E-state index in [0.29, 0.717) is 12.2 Å². The van der Waals surface area contributed by atoms with Crippen molar-refractivity contribution in [1.82, 2.24) is 30.4 Å².